The predicted octanol–water partition coefficient (Wildman–Crippen LogP) is -1.60. The summed E-state index contributed by atoms with van der Waals surface area (Å²) in [5, 5.41) is 29.8. The van der Waals surface area contributed by atoms with Crippen LogP contribution in [0.2, 0.25) is 0 Å². The highest BCUT2D eigenvalue weighted by Gasteiger charge is 2.44. The van der Waals surface area contributed by atoms with E-state index in [0.717, 1.165) is 11.3 Å². The normalized spacial score (nSPS) is 32.9. The zero-order valence-corrected chi connectivity index (χ0v) is 9.50. The molecule has 0 aromatic carbocycles. The molecular weight excluding hydrogens is 248 g/mol. The van der Waals surface area contributed by atoms with Gasteiger partial charge in [0.1, 0.15) is 24.4 Å². The van der Waals surface area contributed by atoms with Gasteiger partial charge in [-0.2, -0.15) is 0 Å². The Kier molecular flexibility index (Phi) is 3.40. The van der Waals surface area contributed by atoms with E-state index in [2.05, 4.69) is 4.98 Å². The van der Waals surface area contributed by atoms with Crippen LogP contribution in [-0.4, -0.2) is 51.1 Å². The molecule has 7 nitrogen and oxygen atoms in total. The second kappa shape index (κ2) is 4.67. The van der Waals surface area contributed by atoms with Crippen LogP contribution in [0.3, 0.4) is 0 Å². The Morgan fingerprint density at radius 3 is 2.71 bits per heavy atom. The molecule has 17 heavy (non-hydrogen) atoms. The number of carbonyl (C=O) groups is 1. The van der Waals surface area contributed by atoms with Crippen LogP contribution in [-0.2, 0) is 4.74 Å². The number of aliphatic hydroxyl groups is 3. The SMILES string of the molecule is NC(=O)c1nc([C@@H]2O[C@@H](CO)[C@@H](O)[C@H]2O)cs1. The van der Waals surface area contributed by atoms with Crippen molar-refractivity contribution in [1.29, 1.82) is 0 Å². The van der Waals surface area contributed by atoms with E-state index in [1.54, 1.807) is 0 Å². The van der Waals surface area contributed by atoms with Crippen LogP contribution in [0.15, 0.2) is 5.38 Å². The molecular formula is C9H12N2O5S. The second-order valence-corrected chi connectivity index (χ2v) is 4.56. The number of nitrogens with zero attached hydrogens (tertiary/aromatic N) is 1. The summed E-state index contributed by atoms with van der Waals surface area (Å²) >= 11 is 1.04. The number of aromatic nitrogens is 1. The van der Waals surface area contributed by atoms with Gasteiger partial charge in [0.2, 0.25) is 0 Å². The summed E-state index contributed by atoms with van der Waals surface area (Å²) in [6.45, 7) is -0.401. The largest absolute Gasteiger partial charge is 0.394 e. The number of amides is 1. The van der Waals surface area contributed by atoms with Crippen LogP contribution in [0, 0.1) is 0 Å². The molecule has 1 aromatic heterocycles. The lowest BCUT2D eigenvalue weighted by Crippen LogP contribution is -2.32. The minimum atomic E-state index is -1.19. The summed E-state index contributed by atoms with van der Waals surface area (Å²) < 4.78 is 5.26. The first-order valence-electron chi connectivity index (χ1n) is 4.92. The van der Waals surface area contributed by atoms with E-state index >= 15 is 0 Å². The Morgan fingerprint density at radius 1 is 1.53 bits per heavy atom. The molecule has 1 aliphatic rings. The van der Waals surface area contributed by atoms with E-state index in [1.165, 1.54) is 5.38 Å². The number of aliphatic hydroxyl groups excluding tert-OH is 3. The molecule has 0 bridgehead atoms. The molecule has 94 valence electrons. The van der Waals surface area contributed by atoms with Gasteiger partial charge >= 0.3 is 0 Å². The zero-order valence-electron chi connectivity index (χ0n) is 8.68. The first-order chi connectivity index (χ1) is 8.04. The van der Waals surface area contributed by atoms with Gasteiger partial charge in [-0.15, -0.1) is 11.3 Å². The maximum absolute atomic E-state index is 10.9. The van der Waals surface area contributed by atoms with E-state index in [-0.39, 0.29) is 5.01 Å². The van der Waals surface area contributed by atoms with E-state index < -0.39 is 36.9 Å². The fourth-order valence-corrected chi connectivity index (χ4v) is 2.37. The minimum Gasteiger partial charge on any atom is -0.394 e. The Morgan fingerprint density at radius 2 is 2.24 bits per heavy atom. The van der Waals surface area contributed by atoms with E-state index in [0.29, 0.717) is 5.69 Å². The summed E-state index contributed by atoms with van der Waals surface area (Å²) in [6, 6.07) is 0. The van der Waals surface area contributed by atoms with Crippen molar-refractivity contribution < 1.29 is 24.9 Å². The molecule has 0 saturated carbocycles. The molecule has 4 atom stereocenters. The smallest absolute Gasteiger partial charge is 0.277 e. The van der Waals surface area contributed by atoms with Crippen molar-refractivity contribution in [2.75, 3.05) is 6.61 Å². The first kappa shape index (κ1) is 12.4. The number of hydrogen-bond donors (Lipinski definition) is 4. The fourth-order valence-electron chi connectivity index (χ4n) is 1.67. The van der Waals surface area contributed by atoms with Gasteiger partial charge in [0.05, 0.1) is 12.3 Å². The molecule has 0 radical (unpaired) electrons. The lowest BCUT2D eigenvalue weighted by molar-refractivity contribution is -0.0238. The number of thiazole rings is 1. The molecule has 5 N–H and O–H groups in total. The lowest BCUT2D eigenvalue weighted by atomic mass is 10.1. The molecule has 1 amide bonds. The number of ether oxygens (including phenoxy) is 1. The lowest BCUT2D eigenvalue weighted by Gasteiger charge is -2.11. The summed E-state index contributed by atoms with van der Waals surface area (Å²) in [4.78, 5) is 14.8. The quantitative estimate of drug-likeness (QED) is 0.518. The van der Waals surface area contributed by atoms with Crippen molar-refractivity contribution in [3.05, 3.63) is 16.1 Å². The summed E-state index contributed by atoms with van der Waals surface area (Å²) in [6.07, 6.45) is -4.07. The van der Waals surface area contributed by atoms with Gasteiger partial charge in [-0.05, 0) is 0 Å². The molecule has 2 rings (SSSR count). The molecule has 0 aliphatic carbocycles. The maximum Gasteiger partial charge on any atom is 0.277 e. The van der Waals surface area contributed by atoms with Crippen LogP contribution in [0.5, 0.6) is 0 Å². The highest BCUT2D eigenvalue weighted by Crippen LogP contribution is 2.33. The van der Waals surface area contributed by atoms with Gasteiger partial charge in [-0.25, -0.2) is 4.98 Å². The van der Waals surface area contributed by atoms with Crippen molar-refractivity contribution in [3.63, 3.8) is 0 Å². The van der Waals surface area contributed by atoms with Crippen molar-refractivity contribution in [2.45, 2.75) is 24.4 Å². The van der Waals surface area contributed by atoms with Crippen molar-refractivity contribution in [1.82, 2.24) is 4.98 Å². The van der Waals surface area contributed by atoms with Crippen LogP contribution < -0.4 is 5.73 Å². The number of primary amides is 1. The van der Waals surface area contributed by atoms with Gasteiger partial charge in [-0.1, -0.05) is 0 Å². The Labute approximate surface area is 100 Å². The summed E-state index contributed by atoms with van der Waals surface area (Å²) in [5.41, 5.74) is 5.38. The minimum absolute atomic E-state index is 0.109. The molecule has 0 spiro atoms. The third-order valence-corrected chi connectivity index (χ3v) is 3.44. The highest BCUT2D eigenvalue weighted by atomic mass is 32.1. The van der Waals surface area contributed by atoms with Crippen molar-refractivity contribution in [2.24, 2.45) is 5.73 Å². The topological polar surface area (TPSA) is 126 Å². The molecule has 1 saturated heterocycles. The van der Waals surface area contributed by atoms with E-state index in [1.807, 2.05) is 0 Å². The zero-order chi connectivity index (χ0) is 12.6. The molecule has 2 heterocycles. The van der Waals surface area contributed by atoms with Crippen molar-refractivity contribution >= 4 is 17.2 Å². The average Bonchev–Trinajstić information content (AvgIpc) is 2.87. The van der Waals surface area contributed by atoms with Gasteiger partial charge in [0, 0.05) is 5.38 Å². The van der Waals surface area contributed by atoms with E-state index in [4.69, 9.17) is 15.6 Å². The highest BCUT2D eigenvalue weighted by molar-refractivity contribution is 7.11. The summed E-state index contributed by atoms with van der Waals surface area (Å²) in [7, 11) is 0. The van der Waals surface area contributed by atoms with Crippen LogP contribution >= 0.6 is 11.3 Å². The van der Waals surface area contributed by atoms with Crippen LogP contribution in [0.1, 0.15) is 21.6 Å². The third-order valence-electron chi connectivity index (χ3n) is 2.57. The number of hydrogen-bond acceptors (Lipinski definition) is 7. The van der Waals surface area contributed by atoms with E-state index in [9.17, 15) is 15.0 Å². The Hall–Kier alpha value is -1.06. The molecule has 1 fully saturated rings. The Balaban J connectivity index is 2.19. The van der Waals surface area contributed by atoms with Crippen LogP contribution in [0.4, 0.5) is 0 Å². The number of nitrogens with two attached hydrogens (primary N) is 1. The van der Waals surface area contributed by atoms with Gasteiger partial charge in [0.25, 0.3) is 5.91 Å². The fraction of sp³-hybridized carbons (Fsp3) is 0.556. The average molecular weight is 260 g/mol. The molecule has 1 aliphatic heterocycles. The van der Waals surface area contributed by atoms with Gasteiger partial charge in [0.15, 0.2) is 5.01 Å². The van der Waals surface area contributed by atoms with Gasteiger partial charge < -0.3 is 25.8 Å². The standard InChI is InChI=1S/C9H12N2O5S/c10-8(15)9-11-3(2-17-9)7-6(14)5(13)4(1-12)16-7/h2,4-7,12-14H,1H2,(H2,10,15)/t4-,5+,6+,7-/m0/s1. The second-order valence-electron chi connectivity index (χ2n) is 3.70. The summed E-state index contributed by atoms with van der Waals surface area (Å²) in [5.74, 6) is -0.659. The van der Waals surface area contributed by atoms with Crippen LogP contribution in [0.25, 0.3) is 0 Å². The Bertz CT molecular complexity index is 423. The third kappa shape index (κ3) is 2.17. The molecule has 1 aromatic rings. The predicted molar refractivity (Wildman–Crippen MR) is 57.3 cm³/mol. The maximum atomic E-state index is 10.9. The monoisotopic (exact) mass is 260 g/mol. The van der Waals surface area contributed by atoms with Crippen molar-refractivity contribution in [3.8, 4) is 0 Å². The van der Waals surface area contributed by atoms with Gasteiger partial charge in [-0.3, -0.25) is 4.79 Å². The number of carbonyl (C=O) groups excluding carboxylic acids is 1. The first-order valence-corrected chi connectivity index (χ1v) is 5.80. The number of rotatable bonds is 3. The molecule has 8 heteroatoms. The molecule has 0 unspecified atom stereocenters.